The molecule has 0 unspecified atom stereocenters. The van der Waals surface area contributed by atoms with E-state index in [2.05, 4.69) is 22.9 Å². The van der Waals surface area contributed by atoms with E-state index >= 15 is 0 Å². The number of rotatable bonds is 4. The first kappa shape index (κ1) is 14.6. The van der Waals surface area contributed by atoms with E-state index in [0.717, 1.165) is 10.9 Å². The number of ether oxygens (including phenoxy) is 2. The highest BCUT2D eigenvalue weighted by Crippen LogP contribution is 2.28. The zero-order valence-corrected chi connectivity index (χ0v) is 12.9. The SMILES string of the molecule is CCc1ccc(OC(=O)c2ccccc2OC)c(Br)c1. The third-order valence-corrected chi connectivity index (χ3v) is 3.55. The Labute approximate surface area is 126 Å². The van der Waals surface area contributed by atoms with Gasteiger partial charge in [0.1, 0.15) is 17.1 Å². The van der Waals surface area contributed by atoms with Gasteiger partial charge in [0.2, 0.25) is 0 Å². The highest BCUT2D eigenvalue weighted by Gasteiger charge is 2.15. The summed E-state index contributed by atoms with van der Waals surface area (Å²) in [5.41, 5.74) is 1.58. The first-order valence-electron chi connectivity index (χ1n) is 6.29. The fourth-order valence-corrected chi connectivity index (χ4v) is 2.32. The van der Waals surface area contributed by atoms with Crippen molar-refractivity contribution in [2.45, 2.75) is 13.3 Å². The first-order valence-corrected chi connectivity index (χ1v) is 7.08. The molecule has 0 aliphatic rings. The summed E-state index contributed by atoms with van der Waals surface area (Å²) in [6.07, 6.45) is 0.930. The van der Waals surface area contributed by atoms with Crippen LogP contribution in [0.4, 0.5) is 0 Å². The summed E-state index contributed by atoms with van der Waals surface area (Å²) in [5.74, 6) is 0.560. The Morgan fingerprint density at radius 2 is 1.90 bits per heavy atom. The largest absolute Gasteiger partial charge is 0.496 e. The molecule has 0 amide bonds. The van der Waals surface area contributed by atoms with E-state index in [0.29, 0.717) is 17.1 Å². The number of benzene rings is 2. The van der Waals surface area contributed by atoms with Crippen LogP contribution in [-0.2, 0) is 6.42 Å². The second kappa shape index (κ2) is 6.57. The molecule has 0 N–H and O–H groups in total. The van der Waals surface area contributed by atoms with Crippen molar-refractivity contribution in [2.24, 2.45) is 0 Å². The molecule has 0 aliphatic heterocycles. The molecule has 0 aliphatic carbocycles. The molecule has 0 aromatic heterocycles. The van der Waals surface area contributed by atoms with Crippen LogP contribution in [0, 0.1) is 0 Å². The third-order valence-electron chi connectivity index (χ3n) is 2.93. The van der Waals surface area contributed by atoms with Gasteiger partial charge in [-0.1, -0.05) is 25.1 Å². The van der Waals surface area contributed by atoms with Gasteiger partial charge in [0.25, 0.3) is 0 Å². The van der Waals surface area contributed by atoms with E-state index in [1.54, 1.807) is 24.3 Å². The van der Waals surface area contributed by atoms with Crippen molar-refractivity contribution in [1.29, 1.82) is 0 Å². The molecular formula is C16H15BrO3. The number of esters is 1. The molecule has 2 aromatic carbocycles. The number of carbonyl (C=O) groups is 1. The minimum absolute atomic E-state index is 0.404. The molecule has 104 valence electrons. The number of hydrogen-bond acceptors (Lipinski definition) is 3. The third kappa shape index (κ3) is 3.20. The second-order valence-electron chi connectivity index (χ2n) is 4.21. The van der Waals surface area contributed by atoms with Crippen molar-refractivity contribution < 1.29 is 14.3 Å². The first-order chi connectivity index (χ1) is 9.65. The number of carbonyl (C=O) groups excluding carboxylic acids is 1. The lowest BCUT2D eigenvalue weighted by Crippen LogP contribution is -2.10. The molecular weight excluding hydrogens is 320 g/mol. The van der Waals surface area contributed by atoms with Crippen LogP contribution in [-0.4, -0.2) is 13.1 Å². The number of hydrogen-bond donors (Lipinski definition) is 0. The molecule has 4 heteroatoms. The molecule has 2 rings (SSSR count). The predicted octanol–water partition coefficient (Wildman–Crippen LogP) is 4.24. The number of halogens is 1. The summed E-state index contributed by atoms with van der Waals surface area (Å²) in [6.45, 7) is 2.07. The van der Waals surface area contributed by atoms with E-state index in [9.17, 15) is 4.79 Å². The summed E-state index contributed by atoms with van der Waals surface area (Å²) in [5, 5.41) is 0. The zero-order valence-electron chi connectivity index (χ0n) is 11.4. The standard InChI is InChI=1S/C16H15BrO3/c1-3-11-8-9-15(13(17)10-11)20-16(18)12-6-4-5-7-14(12)19-2/h4-10H,3H2,1-2H3. The van der Waals surface area contributed by atoms with Gasteiger partial charge in [0, 0.05) is 0 Å². The van der Waals surface area contributed by atoms with E-state index in [4.69, 9.17) is 9.47 Å². The van der Waals surface area contributed by atoms with Crippen molar-refractivity contribution >= 4 is 21.9 Å². The van der Waals surface area contributed by atoms with E-state index in [1.807, 2.05) is 18.2 Å². The van der Waals surface area contributed by atoms with Crippen LogP contribution in [0.1, 0.15) is 22.8 Å². The Morgan fingerprint density at radius 1 is 1.15 bits per heavy atom. The molecule has 0 atom stereocenters. The van der Waals surface area contributed by atoms with Crippen molar-refractivity contribution in [2.75, 3.05) is 7.11 Å². The molecule has 2 aromatic rings. The fraction of sp³-hybridized carbons (Fsp3) is 0.188. The Bertz CT molecular complexity index is 623. The van der Waals surface area contributed by atoms with E-state index in [-0.39, 0.29) is 0 Å². The maximum absolute atomic E-state index is 12.2. The van der Waals surface area contributed by atoms with Crippen molar-refractivity contribution in [3.05, 3.63) is 58.1 Å². The molecule has 0 saturated heterocycles. The van der Waals surface area contributed by atoms with Crippen molar-refractivity contribution in [3.8, 4) is 11.5 Å². The molecule has 0 saturated carbocycles. The Kier molecular flexibility index (Phi) is 4.79. The van der Waals surface area contributed by atoms with Crippen LogP contribution in [0.3, 0.4) is 0 Å². The van der Waals surface area contributed by atoms with Gasteiger partial charge in [0.15, 0.2) is 0 Å². The van der Waals surface area contributed by atoms with Gasteiger partial charge in [-0.05, 0) is 52.2 Å². The molecule has 0 fully saturated rings. The normalized spacial score (nSPS) is 10.2. The number of para-hydroxylation sites is 1. The lowest BCUT2D eigenvalue weighted by atomic mass is 10.1. The van der Waals surface area contributed by atoms with Gasteiger partial charge in [0.05, 0.1) is 11.6 Å². The van der Waals surface area contributed by atoms with Gasteiger partial charge in [-0.25, -0.2) is 4.79 Å². The van der Waals surface area contributed by atoms with Gasteiger partial charge in [-0.15, -0.1) is 0 Å². The molecule has 0 bridgehead atoms. The van der Waals surface area contributed by atoms with Gasteiger partial charge < -0.3 is 9.47 Å². The number of methoxy groups -OCH3 is 1. The minimum Gasteiger partial charge on any atom is -0.496 e. The van der Waals surface area contributed by atoms with Crippen LogP contribution in [0.15, 0.2) is 46.9 Å². The average molecular weight is 335 g/mol. The highest BCUT2D eigenvalue weighted by atomic mass is 79.9. The second-order valence-corrected chi connectivity index (χ2v) is 5.06. The number of aryl methyl sites for hydroxylation is 1. The smallest absolute Gasteiger partial charge is 0.347 e. The maximum Gasteiger partial charge on any atom is 0.347 e. The van der Waals surface area contributed by atoms with Gasteiger partial charge >= 0.3 is 5.97 Å². The Hall–Kier alpha value is -1.81. The minimum atomic E-state index is -0.438. The average Bonchev–Trinajstić information content (AvgIpc) is 2.49. The lowest BCUT2D eigenvalue weighted by molar-refractivity contribution is 0.0730. The van der Waals surface area contributed by atoms with Gasteiger partial charge in [-0.2, -0.15) is 0 Å². The summed E-state index contributed by atoms with van der Waals surface area (Å²) < 4.78 is 11.3. The van der Waals surface area contributed by atoms with E-state index in [1.165, 1.54) is 12.7 Å². The van der Waals surface area contributed by atoms with Crippen LogP contribution >= 0.6 is 15.9 Å². The quantitative estimate of drug-likeness (QED) is 0.619. The van der Waals surface area contributed by atoms with Crippen molar-refractivity contribution in [1.82, 2.24) is 0 Å². The van der Waals surface area contributed by atoms with Crippen LogP contribution in [0.25, 0.3) is 0 Å². The lowest BCUT2D eigenvalue weighted by Gasteiger charge is -2.10. The molecule has 0 spiro atoms. The summed E-state index contributed by atoms with van der Waals surface area (Å²) in [7, 11) is 1.53. The van der Waals surface area contributed by atoms with Crippen LogP contribution in [0.2, 0.25) is 0 Å². The Balaban J connectivity index is 2.23. The fourth-order valence-electron chi connectivity index (χ4n) is 1.82. The maximum atomic E-state index is 12.2. The topological polar surface area (TPSA) is 35.5 Å². The molecule has 0 heterocycles. The Morgan fingerprint density at radius 3 is 2.55 bits per heavy atom. The van der Waals surface area contributed by atoms with Crippen LogP contribution < -0.4 is 9.47 Å². The summed E-state index contributed by atoms with van der Waals surface area (Å²) >= 11 is 3.42. The summed E-state index contributed by atoms with van der Waals surface area (Å²) in [6, 6.07) is 12.7. The zero-order chi connectivity index (χ0) is 14.5. The summed E-state index contributed by atoms with van der Waals surface area (Å²) in [4.78, 5) is 12.2. The molecule has 3 nitrogen and oxygen atoms in total. The van der Waals surface area contributed by atoms with Crippen LogP contribution in [0.5, 0.6) is 11.5 Å². The monoisotopic (exact) mass is 334 g/mol. The van der Waals surface area contributed by atoms with E-state index < -0.39 is 5.97 Å². The predicted molar refractivity (Wildman–Crippen MR) is 81.5 cm³/mol. The molecule has 20 heavy (non-hydrogen) atoms. The van der Waals surface area contributed by atoms with Crippen molar-refractivity contribution in [3.63, 3.8) is 0 Å². The highest BCUT2D eigenvalue weighted by molar-refractivity contribution is 9.10. The molecule has 0 radical (unpaired) electrons. The van der Waals surface area contributed by atoms with Gasteiger partial charge in [-0.3, -0.25) is 0 Å².